The lowest BCUT2D eigenvalue weighted by Gasteiger charge is -2.16. The average Bonchev–Trinajstić information content (AvgIpc) is 3.01. The first-order valence-corrected chi connectivity index (χ1v) is 6.82. The molecule has 0 bridgehead atoms. The van der Waals surface area contributed by atoms with Gasteiger partial charge in [-0.2, -0.15) is 15.0 Å². The van der Waals surface area contributed by atoms with Gasteiger partial charge in [0.25, 0.3) is 0 Å². The Bertz CT molecular complexity index is 636. The summed E-state index contributed by atoms with van der Waals surface area (Å²) in [5.41, 5.74) is -0.225. The zero-order chi connectivity index (χ0) is 14.8. The van der Waals surface area contributed by atoms with Crippen LogP contribution < -0.4 is 10.2 Å². The van der Waals surface area contributed by atoms with Crippen molar-refractivity contribution in [2.24, 2.45) is 0 Å². The fraction of sp³-hybridized carbons (Fsp3) is 0.357. The quantitative estimate of drug-likeness (QED) is 0.941. The molecular formula is C14H15F2N5. The molecular weight excluding hydrogens is 276 g/mol. The highest BCUT2D eigenvalue weighted by Gasteiger charge is 2.20. The standard InChI is InChI=1S/C14H15F2N5/c1-17-13-18-12(11-9(15)5-4-6-10(11)16)19-14(20-13)21-7-2-3-8-21/h4-6H,2-3,7-8H2,1H3,(H,17,18,19,20). The van der Waals surface area contributed by atoms with Crippen LogP contribution in [-0.4, -0.2) is 35.1 Å². The molecule has 1 N–H and O–H groups in total. The van der Waals surface area contributed by atoms with Gasteiger partial charge in [0.1, 0.15) is 11.6 Å². The Morgan fingerprint density at radius 3 is 2.33 bits per heavy atom. The second-order valence-electron chi connectivity index (χ2n) is 4.82. The lowest BCUT2D eigenvalue weighted by molar-refractivity contribution is 0.587. The van der Waals surface area contributed by atoms with Gasteiger partial charge in [-0.1, -0.05) is 6.07 Å². The smallest absolute Gasteiger partial charge is 0.230 e. The number of benzene rings is 1. The van der Waals surface area contributed by atoms with Gasteiger partial charge in [-0.3, -0.25) is 0 Å². The van der Waals surface area contributed by atoms with Crippen LogP contribution in [0, 0.1) is 11.6 Å². The van der Waals surface area contributed by atoms with E-state index in [1.54, 1.807) is 7.05 Å². The summed E-state index contributed by atoms with van der Waals surface area (Å²) >= 11 is 0. The number of rotatable bonds is 3. The molecule has 1 aromatic carbocycles. The van der Waals surface area contributed by atoms with Crippen molar-refractivity contribution in [3.05, 3.63) is 29.8 Å². The Morgan fingerprint density at radius 1 is 1.05 bits per heavy atom. The fourth-order valence-corrected chi connectivity index (χ4v) is 2.36. The third-order valence-electron chi connectivity index (χ3n) is 3.42. The van der Waals surface area contributed by atoms with Crippen molar-refractivity contribution < 1.29 is 8.78 Å². The molecule has 2 aromatic rings. The summed E-state index contributed by atoms with van der Waals surface area (Å²) in [6.45, 7) is 1.68. The zero-order valence-electron chi connectivity index (χ0n) is 11.6. The summed E-state index contributed by atoms with van der Waals surface area (Å²) in [5, 5.41) is 2.81. The highest BCUT2D eigenvalue weighted by atomic mass is 19.1. The van der Waals surface area contributed by atoms with E-state index in [0.717, 1.165) is 25.9 Å². The van der Waals surface area contributed by atoms with Gasteiger partial charge < -0.3 is 10.2 Å². The van der Waals surface area contributed by atoms with E-state index in [1.165, 1.54) is 18.2 Å². The Labute approximate surface area is 121 Å². The molecule has 0 saturated carbocycles. The van der Waals surface area contributed by atoms with E-state index in [4.69, 9.17) is 0 Å². The Balaban J connectivity index is 2.11. The van der Waals surface area contributed by atoms with Crippen LogP contribution >= 0.6 is 0 Å². The first-order valence-electron chi connectivity index (χ1n) is 6.82. The normalized spacial score (nSPS) is 14.5. The molecule has 1 saturated heterocycles. The number of aromatic nitrogens is 3. The van der Waals surface area contributed by atoms with Crippen molar-refractivity contribution in [3.63, 3.8) is 0 Å². The highest BCUT2D eigenvalue weighted by Crippen LogP contribution is 2.26. The van der Waals surface area contributed by atoms with Crippen LogP contribution in [0.15, 0.2) is 18.2 Å². The summed E-state index contributed by atoms with van der Waals surface area (Å²) in [5.74, 6) is -0.618. The van der Waals surface area contributed by atoms with E-state index < -0.39 is 11.6 Å². The van der Waals surface area contributed by atoms with Crippen LogP contribution in [0.5, 0.6) is 0 Å². The summed E-state index contributed by atoms with van der Waals surface area (Å²) < 4.78 is 27.8. The Morgan fingerprint density at radius 2 is 1.71 bits per heavy atom. The van der Waals surface area contributed by atoms with Crippen LogP contribution in [0.25, 0.3) is 11.4 Å². The topological polar surface area (TPSA) is 53.9 Å². The predicted octanol–water partition coefficient (Wildman–Crippen LogP) is 2.46. The third-order valence-corrected chi connectivity index (χ3v) is 3.42. The van der Waals surface area contributed by atoms with Crippen molar-refractivity contribution in [3.8, 4) is 11.4 Å². The second kappa shape index (κ2) is 5.59. The summed E-state index contributed by atoms with van der Waals surface area (Å²) in [7, 11) is 1.66. The van der Waals surface area contributed by atoms with Gasteiger partial charge in [0.2, 0.25) is 11.9 Å². The minimum absolute atomic E-state index is 0.00634. The SMILES string of the molecule is CNc1nc(-c2c(F)cccc2F)nc(N2CCCC2)n1. The maximum Gasteiger partial charge on any atom is 0.230 e. The molecule has 0 radical (unpaired) electrons. The maximum atomic E-state index is 13.9. The van der Waals surface area contributed by atoms with Gasteiger partial charge in [-0.15, -0.1) is 0 Å². The second-order valence-corrected chi connectivity index (χ2v) is 4.82. The summed E-state index contributed by atoms with van der Waals surface area (Å²) in [6.07, 6.45) is 2.12. The number of nitrogens with zero attached hydrogens (tertiary/aromatic N) is 4. The molecule has 1 aromatic heterocycles. The fourth-order valence-electron chi connectivity index (χ4n) is 2.36. The largest absolute Gasteiger partial charge is 0.357 e. The Kier molecular flexibility index (Phi) is 3.64. The maximum absolute atomic E-state index is 13.9. The number of halogens is 2. The molecule has 0 atom stereocenters. The molecule has 21 heavy (non-hydrogen) atoms. The van der Waals surface area contributed by atoms with Crippen molar-refractivity contribution in [2.75, 3.05) is 30.4 Å². The molecule has 7 heteroatoms. The summed E-state index contributed by atoms with van der Waals surface area (Å²) in [4.78, 5) is 14.6. The molecule has 1 aliphatic rings. The van der Waals surface area contributed by atoms with Gasteiger partial charge in [-0.25, -0.2) is 8.78 Å². The van der Waals surface area contributed by atoms with Gasteiger partial charge in [0.15, 0.2) is 5.82 Å². The number of hydrogen-bond donors (Lipinski definition) is 1. The minimum atomic E-state index is -0.685. The molecule has 3 rings (SSSR count). The molecule has 2 heterocycles. The molecule has 5 nitrogen and oxygen atoms in total. The lowest BCUT2D eigenvalue weighted by atomic mass is 10.2. The number of hydrogen-bond acceptors (Lipinski definition) is 5. The van der Waals surface area contributed by atoms with Crippen LogP contribution in [0.4, 0.5) is 20.7 Å². The summed E-state index contributed by atoms with van der Waals surface area (Å²) in [6, 6.07) is 3.70. The molecule has 0 aliphatic carbocycles. The van der Waals surface area contributed by atoms with Gasteiger partial charge >= 0.3 is 0 Å². The van der Waals surface area contributed by atoms with Gasteiger partial charge in [0.05, 0.1) is 5.56 Å². The Hall–Kier alpha value is -2.31. The van der Waals surface area contributed by atoms with Crippen molar-refractivity contribution >= 4 is 11.9 Å². The lowest BCUT2D eigenvalue weighted by Crippen LogP contribution is -2.21. The number of anilines is 2. The molecule has 1 fully saturated rings. The van der Waals surface area contributed by atoms with Crippen molar-refractivity contribution in [1.82, 2.24) is 15.0 Å². The van der Waals surface area contributed by atoms with Crippen LogP contribution in [-0.2, 0) is 0 Å². The van der Waals surface area contributed by atoms with E-state index in [0.29, 0.717) is 11.9 Å². The third kappa shape index (κ3) is 2.63. The minimum Gasteiger partial charge on any atom is -0.357 e. The van der Waals surface area contributed by atoms with Crippen LogP contribution in [0.3, 0.4) is 0 Å². The predicted molar refractivity (Wildman–Crippen MR) is 76.2 cm³/mol. The van der Waals surface area contributed by atoms with E-state index in [2.05, 4.69) is 20.3 Å². The van der Waals surface area contributed by atoms with E-state index in [9.17, 15) is 8.78 Å². The van der Waals surface area contributed by atoms with Gasteiger partial charge in [-0.05, 0) is 25.0 Å². The zero-order valence-corrected chi connectivity index (χ0v) is 11.6. The molecule has 0 amide bonds. The molecule has 0 spiro atoms. The molecule has 110 valence electrons. The van der Waals surface area contributed by atoms with Gasteiger partial charge in [0, 0.05) is 20.1 Å². The van der Waals surface area contributed by atoms with Crippen LogP contribution in [0.1, 0.15) is 12.8 Å². The van der Waals surface area contributed by atoms with Crippen molar-refractivity contribution in [1.29, 1.82) is 0 Å². The molecule has 0 unspecified atom stereocenters. The van der Waals surface area contributed by atoms with Crippen molar-refractivity contribution in [2.45, 2.75) is 12.8 Å². The van der Waals surface area contributed by atoms with E-state index in [-0.39, 0.29) is 11.4 Å². The first kappa shape index (κ1) is 13.7. The number of nitrogens with one attached hydrogen (secondary N) is 1. The average molecular weight is 291 g/mol. The highest BCUT2D eigenvalue weighted by molar-refractivity contribution is 5.60. The molecule has 1 aliphatic heterocycles. The van der Waals surface area contributed by atoms with Crippen LogP contribution in [0.2, 0.25) is 0 Å². The first-order chi connectivity index (χ1) is 10.2. The monoisotopic (exact) mass is 291 g/mol. The van der Waals surface area contributed by atoms with E-state index >= 15 is 0 Å². The van der Waals surface area contributed by atoms with E-state index in [1.807, 2.05) is 4.90 Å².